The number of carbonyl (C=O) groups is 2. The normalized spacial score (nSPS) is 21.8. The third-order valence-corrected chi connectivity index (χ3v) is 6.79. The second-order valence-electron chi connectivity index (χ2n) is 6.96. The number of benzene rings is 1. The fourth-order valence-electron chi connectivity index (χ4n) is 3.47. The van der Waals surface area contributed by atoms with Gasteiger partial charge in [0.1, 0.15) is 5.71 Å². The maximum absolute atomic E-state index is 12.9. The summed E-state index contributed by atoms with van der Waals surface area (Å²) in [4.78, 5) is 26.8. The van der Waals surface area contributed by atoms with Gasteiger partial charge in [-0.05, 0) is 25.3 Å². The molecule has 7 nitrogen and oxygen atoms in total. The second kappa shape index (κ2) is 8.21. The van der Waals surface area contributed by atoms with Crippen molar-refractivity contribution in [2.24, 2.45) is 5.10 Å². The summed E-state index contributed by atoms with van der Waals surface area (Å²) in [7, 11) is -3.12. The molecule has 3 rings (SSSR count). The maximum atomic E-state index is 12.9. The van der Waals surface area contributed by atoms with E-state index in [-0.39, 0.29) is 29.7 Å². The van der Waals surface area contributed by atoms with Gasteiger partial charge in [0.05, 0.1) is 17.5 Å². The lowest BCUT2D eigenvalue weighted by Crippen LogP contribution is -2.45. The van der Waals surface area contributed by atoms with Gasteiger partial charge in [0.2, 0.25) is 5.91 Å². The van der Waals surface area contributed by atoms with Crippen molar-refractivity contribution >= 4 is 27.4 Å². The first-order valence-electron chi connectivity index (χ1n) is 9.33. The van der Waals surface area contributed by atoms with E-state index in [0.717, 1.165) is 12.0 Å². The summed E-state index contributed by atoms with van der Waals surface area (Å²) >= 11 is 0. The molecule has 1 atom stereocenters. The molecule has 1 fully saturated rings. The number of amides is 2. The second-order valence-corrected chi connectivity index (χ2v) is 9.19. The molecule has 146 valence electrons. The predicted molar refractivity (Wildman–Crippen MR) is 103 cm³/mol. The zero-order valence-electron chi connectivity index (χ0n) is 15.5. The van der Waals surface area contributed by atoms with Crippen LogP contribution < -0.4 is 0 Å². The van der Waals surface area contributed by atoms with Crippen molar-refractivity contribution < 1.29 is 18.0 Å². The van der Waals surface area contributed by atoms with Gasteiger partial charge in [-0.2, -0.15) is 5.10 Å². The first kappa shape index (κ1) is 19.5. The molecule has 2 heterocycles. The molecule has 0 aliphatic carbocycles. The fraction of sp³-hybridized carbons (Fsp3) is 0.526. The molecule has 2 aliphatic heterocycles. The Morgan fingerprint density at radius 3 is 2.63 bits per heavy atom. The van der Waals surface area contributed by atoms with Crippen molar-refractivity contribution in [1.82, 2.24) is 9.91 Å². The van der Waals surface area contributed by atoms with E-state index < -0.39 is 15.9 Å². The highest BCUT2D eigenvalue weighted by Gasteiger charge is 2.37. The number of hydrazone groups is 1. The number of carbonyl (C=O) groups excluding carboxylic acids is 2. The summed E-state index contributed by atoms with van der Waals surface area (Å²) in [5, 5.41) is 5.52. The summed E-state index contributed by atoms with van der Waals surface area (Å²) in [6.45, 7) is 3.04. The van der Waals surface area contributed by atoms with E-state index in [2.05, 4.69) is 5.10 Å². The Morgan fingerprint density at radius 2 is 2.00 bits per heavy atom. The van der Waals surface area contributed by atoms with Crippen molar-refractivity contribution in [2.75, 3.05) is 24.6 Å². The molecule has 1 unspecified atom stereocenters. The SMILES string of the molecule is CCN(CCc1ccccc1)C(=O)C1=NN(C2CCS(=O)(=O)C2)C(=O)CC1. The first-order chi connectivity index (χ1) is 12.9. The molecule has 0 N–H and O–H groups in total. The molecule has 0 radical (unpaired) electrons. The molecule has 0 bridgehead atoms. The van der Waals surface area contributed by atoms with Gasteiger partial charge < -0.3 is 4.90 Å². The molecule has 27 heavy (non-hydrogen) atoms. The van der Waals surface area contributed by atoms with Crippen LogP contribution in [0.1, 0.15) is 31.7 Å². The Kier molecular flexibility index (Phi) is 5.94. The molecule has 0 aromatic heterocycles. The van der Waals surface area contributed by atoms with Crippen LogP contribution in [0, 0.1) is 0 Å². The van der Waals surface area contributed by atoms with Crippen LogP contribution in [0.3, 0.4) is 0 Å². The Morgan fingerprint density at radius 1 is 1.26 bits per heavy atom. The predicted octanol–water partition coefficient (Wildman–Crippen LogP) is 1.24. The lowest BCUT2D eigenvalue weighted by atomic mass is 10.1. The summed E-state index contributed by atoms with van der Waals surface area (Å²) in [5.41, 5.74) is 1.50. The van der Waals surface area contributed by atoms with Crippen LogP contribution in [0.15, 0.2) is 35.4 Å². The lowest BCUT2D eigenvalue weighted by molar-refractivity contribution is -0.134. The van der Waals surface area contributed by atoms with Gasteiger partial charge in [0, 0.05) is 25.9 Å². The third-order valence-electron chi connectivity index (χ3n) is 5.04. The highest BCUT2D eigenvalue weighted by atomic mass is 32.2. The maximum Gasteiger partial charge on any atom is 0.270 e. The van der Waals surface area contributed by atoms with Gasteiger partial charge in [0.15, 0.2) is 9.84 Å². The Hall–Kier alpha value is -2.22. The van der Waals surface area contributed by atoms with E-state index in [0.29, 0.717) is 31.6 Å². The van der Waals surface area contributed by atoms with Crippen LogP contribution in [0.2, 0.25) is 0 Å². The van der Waals surface area contributed by atoms with Gasteiger partial charge in [-0.3, -0.25) is 9.59 Å². The minimum Gasteiger partial charge on any atom is -0.337 e. The average molecular weight is 391 g/mol. The number of sulfone groups is 1. The molecule has 0 spiro atoms. The largest absolute Gasteiger partial charge is 0.337 e. The average Bonchev–Trinajstić information content (AvgIpc) is 3.03. The number of hydrogen-bond donors (Lipinski definition) is 0. The monoisotopic (exact) mass is 391 g/mol. The highest BCUT2D eigenvalue weighted by Crippen LogP contribution is 2.22. The summed E-state index contributed by atoms with van der Waals surface area (Å²) in [5.74, 6) is -0.388. The van der Waals surface area contributed by atoms with Gasteiger partial charge in [-0.1, -0.05) is 30.3 Å². The number of nitrogens with zero attached hydrogens (tertiary/aromatic N) is 3. The zero-order chi connectivity index (χ0) is 19.4. The number of likely N-dealkylation sites (N-methyl/N-ethyl adjacent to an activating group) is 1. The lowest BCUT2D eigenvalue weighted by Gasteiger charge is -2.29. The van der Waals surface area contributed by atoms with E-state index in [9.17, 15) is 18.0 Å². The van der Waals surface area contributed by atoms with Gasteiger partial charge in [-0.15, -0.1) is 0 Å². The van der Waals surface area contributed by atoms with Gasteiger partial charge >= 0.3 is 0 Å². The van der Waals surface area contributed by atoms with Crippen LogP contribution in [0.4, 0.5) is 0 Å². The molecule has 8 heteroatoms. The summed E-state index contributed by atoms with van der Waals surface area (Å²) < 4.78 is 23.4. The standard InChI is InChI=1S/C19H25N3O4S/c1-2-21(12-10-15-6-4-3-5-7-15)19(24)17-8-9-18(23)22(20-17)16-11-13-27(25,26)14-16/h3-7,16H,2,8-14H2,1H3. The molecule has 1 aromatic rings. The van der Waals surface area contributed by atoms with Crippen molar-refractivity contribution in [1.29, 1.82) is 0 Å². The summed E-state index contributed by atoms with van der Waals surface area (Å²) in [6, 6.07) is 9.49. The topological polar surface area (TPSA) is 87.1 Å². The van der Waals surface area contributed by atoms with Crippen LogP contribution in [0.5, 0.6) is 0 Å². The van der Waals surface area contributed by atoms with Crippen molar-refractivity contribution in [2.45, 2.75) is 38.6 Å². The van der Waals surface area contributed by atoms with E-state index in [1.54, 1.807) is 4.90 Å². The Labute approximate surface area is 159 Å². The smallest absolute Gasteiger partial charge is 0.270 e. The molecular weight excluding hydrogens is 366 g/mol. The molecule has 0 saturated carbocycles. The van der Waals surface area contributed by atoms with Gasteiger partial charge in [0.25, 0.3) is 5.91 Å². The molecule has 1 saturated heterocycles. The van der Waals surface area contributed by atoms with Crippen molar-refractivity contribution in [3.63, 3.8) is 0 Å². The van der Waals surface area contributed by atoms with Crippen molar-refractivity contribution in [3.8, 4) is 0 Å². The van der Waals surface area contributed by atoms with E-state index in [1.165, 1.54) is 5.01 Å². The highest BCUT2D eigenvalue weighted by molar-refractivity contribution is 7.91. The van der Waals surface area contributed by atoms with Crippen LogP contribution in [-0.2, 0) is 25.8 Å². The zero-order valence-corrected chi connectivity index (χ0v) is 16.3. The molecule has 1 aromatic carbocycles. The van der Waals surface area contributed by atoms with E-state index in [4.69, 9.17) is 0 Å². The Balaban J connectivity index is 1.70. The molecular formula is C19H25N3O4S. The third kappa shape index (κ3) is 4.74. The summed E-state index contributed by atoms with van der Waals surface area (Å²) in [6.07, 6.45) is 1.62. The first-order valence-corrected chi connectivity index (χ1v) is 11.1. The number of rotatable bonds is 6. The quantitative estimate of drug-likeness (QED) is 0.730. The number of hydrogen-bond acceptors (Lipinski definition) is 5. The minimum absolute atomic E-state index is 0.0679. The van der Waals surface area contributed by atoms with Crippen molar-refractivity contribution in [3.05, 3.63) is 35.9 Å². The van der Waals surface area contributed by atoms with Crippen LogP contribution in [0.25, 0.3) is 0 Å². The van der Waals surface area contributed by atoms with E-state index >= 15 is 0 Å². The minimum atomic E-state index is -3.12. The fourth-order valence-corrected chi connectivity index (χ4v) is 5.17. The van der Waals surface area contributed by atoms with Crippen LogP contribution in [-0.4, -0.2) is 66.5 Å². The Bertz CT molecular complexity index is 836. The van der Waals surface area contributed by atoms with E-state index in [1.807, 2.05) is 37.3 Å². The molecule has 2 amide bonds. The molecule has 2 aliphatic rings. The van der Waals surface area contributed by atoms with Gasteiger partial charge in [-0.25, -0.2) is 13.4 Å². The van der Waals surface area contributed by atoms with Crippen LogP contribution >= 0.6 is 0 Å².